The average molecular weight is 446 g/mol. The van der Waals surface area contributed by atoms with E-state index in [1.807, 2.05) is 19.1 Å². The third kappa shape index (κ3) is 9.10. The van der Waals surface area contributed by atoms with Gasteiger partial charge >= 0.3 is 0 Å². The summed E-state index contributed by atoms with van der Waals surface area (Å²) < 4.78 is 0. The number of primary amides is 1. The van der Waals surface area contributed by atoms with Crippen LogP contribution in [0.2, 0.25) is 0 Å². The van der Waals surface area contributed by atoms with Crippen LogP contribution in [0.3, 0.4) is 0 Å². The molecular weight excluding hydrogens is 415 g/mol. The van der Waals surface area contributed by atoms with Gasteiger partial charge in [-0.15, -0.1) is 24.0 Å². The molecule has 1 aromatic rings. The van der Waals surface area contributed by atoms with E-state index in [-0.39, 0.29) is 24.0 Å². The largest absolute Gasteiger partial charge is 0.366 e. The van der Waals surface area contributed by atoms with Crippen molar-refractivity contribution in [2.75, 3.05) is 6.54 Å². The number of carbonyl (C=O) groups excluding carboxylic acids is 1. The molecule has 0 aliphatic rings. The van der Waals surface area contributed by atoms with Crippen molar-refractivity contribution in [3.05, 3.63) is 35.4 Å². The molecule has 136 valence electrons. The SMILES string of the molecule is CCCCCC(C)NC(=NCc1cccc(C(N)=O)c1)NCC.I. The standard InChI is InChI=1S/C18H30N4O.HI/c1-4-6-7-9-14(3)22-18(20-5-2)21-13-15-10-8-11-16(12-15)17(19)23;/h8,10-12,14H,4-7,9,13H2,1-3H3,(H2,19,23)(H2,20,21,22);1H. The predicted octanol–water partition coefficient (Wildman–Crippen LogP) is 3.43. The van der Waals surface area contributed by atoms with Gasteiger partial charge in [0.25, 0.3) is 0 Å². The summed E-state index contributed by atoms with van der Waals surface area (Å²) in [6.07, 6.45) is 4.86. The molecule has 1 unspecified atom stereocenters. The Morgan fingerprint density at radius 1 is 1.29 bits per heavy atom. The van der Waals surface area contributed by atoms with Gasteiger partial charge in [-0.25, -0.2) is 4.99 Å². The molecule has 0 aromatic heterocycles. The molecule has 1 aromatic carbocycles. The zero-order valence-corrected chi connectivity index (χ0v) is 17.3. The van der Waals surface area contributed by atoms with E-state index >= 15 is 0 Å². The number of amides is 1. The normalized spacial score (nSPS) is 12.2. The van der Waals surface area contributed by atoms with Crippen LogP contribution in [-0.2, 0) is 6.54 Å². The number of halogens is 1. The number of nitrogens with one attached hydrogen (secondary N) is 2. The summed E-state index contributed by atoms with van der Waals surface area (Å²) in [5.74, 6) is 0.395. The second kappa shape index (κ2) is 13.0. The monoisotopic (exact) mass is 446 g/mol. The maximum atomic E-state index is 11.2. The Hall–Kier alpha value is -1.31. The lowest BCUT2D eigenvalue weighted by atomic mass is 10.1. The first kappa shape index (κ1) is 22.7. The third-order valence-electron chi connectivity index (χ3n) is 3.60. The van der Waals surface area contributed by atoms with Gasteiger partial charge in [-0.1, -0.05) is 38.3 Å². The van der Waals surface area contributed by atoms with Crippen LogP contribution in [0.5, 0.6) is 0 Å². The molecule has 1 atom stereocenters. The maximum Gasteiger partial charge on any atom is 0.248 e. The quantitative estimate of drug-likeness (QED) is 0.235. The minimum absolute atomic E-state index is 0. The van der Waals surface area contributed by atoms with Gasteiger partial charge in [0.05, 0.1) is 6.54 Å². The van der Waals surface area contributed by atoms with Crippen molar-refractivity contribution < 1.29 is 4.79 Å². The molecule has 6 heteroatoms. The number of aliphatic imine (C=N–C) groups is 1. The van der Waals surface area contributed by atoms with E-state index in [1.165, 1.54) is 19.3 Å². The number of nitrogens with zero attached hydrogens (tertiary/aromatic N) is 1. The molecule has 0 heterocycles. The maximum absolute atomic E-state index is 11.2. The van der Waals surface area contributed by atoms with Gasteiger partial charge in [-0.2, -0.15) is 0 Å². The Morgan fingerprint density at radius 3 is 2.67 bits per heavy atom. The van der Waals surface area contributed by atoms with Crippen LogP contribution >= 0.6 is 24.0 Å². The summed E-state index contributed by atoms with van der Waals surface area (Å²) >= 11 is 0. The van der Waals surface area contributed by atoms with Gasteiger partial charge in [0.1, 0.15) is 0 Å². The molecule has 0 saturated carbocycles. The number of rotatable bonds is 9. The van der Waals surface area contributed by atoms with Gasteiger partial charge in [-0.05, 0) is 38.0 Å². The number of hydrogen-bond donors (Lipinski definition) is 3. The summed E-state index contributed by atoms with van der Waals surface area (Å²) in [7, 11) is 0. The zero-order valence-electron chi connectivity index (χ0n) is 15.0. The highest BCUT2D eigenvalue weighted by atomic mass is 127. The Kier molecular flexibility index (Phi) is 12.3. The first-order valence-corrected chi connectivity index (χ1v) is 8.50. The lowest BCUT2D eigenvalue weighted by Crippen LogP contribution is -2.42. The second-order valence-electron chi connectivity index (χ2n) is 5.80. The van der Waals surface area contributed by atoms with Gasteiger partial charge < -0.3 is 16.4 Å². The van der Waals surface area contributed by atoms with Gasteiger partial charge in [0, 0.05) is 18.2 Å². The molecule has 0 saturated heterocycles. The number of benzene rings is 1. The number of hydrogen-bond acceptors (Lipinski definition) is 2. The van der Waals surface area contributed by atoms with Crippen molar-refractivity contribution in [1.29, 1.82) is 0 Å². The average Bonchev–Trinajstić information content (AvgIpc) is 2.53. The fourth-order valence-electron chi connectivity index (χ4n) is 2.32. The molecule has 5 nitrogen and oxygen atoms in total. The van der Waals surface area contributed by atoms with Crippen molar-refractivity contribution in [2.24, 2.45) is 10.7 Å². The minimum atomic E-state index is -0.412. The molecule has 1 rings (SSSR count). The highest BCUT2D eigenvalue weighted by Crippen LogP contribution is 2.06. The summed E-state index contributed by atoms with van der Waals surface area (Å²) in [5.41, 5.74) is 6.80. The van der Waals surface area contributed by atoms with E-state index < -0.39 is 5.91 Å². The number of guanidine groups is 1. The molecule has 0 radical (unpaired) electrons. The van der Waals surface area contributed by atoms with Crippen LogP contribution in [0.1, 0.15) is 62.4 Å². The van der Waals surface area contributed by atoms with Crippen LogP contribution in [-0.4, -0.2) is 24.5 Å². The minimum Gasteiger partial charge on any atom is -0.366 e. The fourth-order valence-corrected chi connectivity index (χ4v) is 2.32. The van der Waals surface area contributed by atoms with E-state index in [4.69, 9.17) is 5.73 Å². The third-order valence-corrected chi connectivity index (χ3v) is 3.60. The lowest BCUT2D eigenvalue weighted by molar-refractivity contribution is 0.1000. The van der Waals surface area contributed by atoms with Crippen molar-refractivity contribution in [2.45, 2.75) is 59.0 Å². The van der Waals surface area contributed by atoms with E-state index in [9.17, 15) is 4.79 Å². The number of nitrogens with two attached hydrogens (primary N) is 1. The summed E-state index contributed by atoms with van der Waals surface area (Å²) in [5, 5.41) is 6.69. The summed E-state index contributed by atoms with van der Waals surface area (Å²) in [6.45, 7) is 7.76. The number of unbranched alkanes of at least 4 members (excludes halogenated alkanes) is 2. The Labute approximate surface area is 162 Å². The predicted molar refractivity (Wildman–Crippen MR) is 112 cm³/mol. The van der Waals surface area contributed by atoms with Crippen LogP contribution in [0, 0.1) is 0 Å². The van der Waals surface area contributed by atoms with Crippen molar-refractivity contribution in [3.8, 4) is 0 Å². The molecule has 0 aliphatic carbocycles. The second-order valence-corrected chi connectivity index (χ2v) is 5.80. The highest BCUT2D eigenvalue weighted by Gasteiger charge is 2.05. The molecule has 0 fully saturated rings. The van der Waals surface area contributed by atoms with E-state index in [0.29, 0.717) is 18.2 Å². The highest BCUT2D eigenvalue weighted by molar-refractivity contribution is 14.0. The topological polar surface area (TPSA) is 79.5 Å². The fraction of sp³-hybridized carbons (Fsp3) is 0.556. The van der Waals surface area contributed by atoms with Crippen molar-refractivity contribution in [1.82, 2.24) is 10.6 Å². The zero-order chi connectivity index (χ0) is 17.1. The molecule has 0 spiro atoms. The molecule has 4 N–H and O–H groups in total. The molecule has 0 bridgehead atoms. The van der Waals surface area contributed by atoms with E-state index in [0.717, 1.165) is 24.5 Å². The Bertz CT molecular complexity index is 519. The summed E-state index contributed by atoms with van der Waals surface area (Å²) in [4.78, 5) is 15.8. The van der Waals surface area contributed by atoms with Gasteiger partial charge in [-0.3, -0.25) is 4.79 Å². The Morgan fingerprint density at radius 2 is 2.04 bits per heavy atom. The Balaban J connectivity index is 0.00000529. The lowest BCUT2D eigenvalue weighted by Gasteiger charge is -2.17. The molecule has 0 aliphatic heterocycles. The van der Waals surface area contributed by atoms with Crippen molar-refractivity contribution >= 4 is 35.8 Å². The first-order chi connectivity index (χ1) is 11.1. The molecular formula is C18H31IN4O. The van der Waals surface area contributed by atoms with E-state index in [2.05, 4.69) is 29.5 Å². The molecule has 24 heavy (non-hydrogen) atoms. The summed E-state index contributed by atoms with van der Waals surface area (Å²) in [6, 6.07) is 7.67. The van der Waals surface area contributed by atoms with Gasteiger partial charge in [0.2, 0.25) is 5.91 Å². The van der Waals surface area contributed by atoms with Crippen LogP contribution in [0.15, 0.2) is 29.3 Å². The molecule has 1 amide bonds. The smallest absolute Gasteiger partial charge is 0.248 e. The van der Waals surface area contributed by atoms with Crippen LogP contribution < -0.4 is 16.4 Å². The first-order valence-electron chi connectivity index (χ1n) is 8.50. The van der Waals surface area contributed by atoms with Crippen molar-refractivity contribution in [3.63, 3.8) is 0 Å². The van der Waals surface area contributed by atoms with Crippen LogP contribution in [0.25, 0.3) is 0 Å². The van der Waals surface area contributed by atoms with E-state index in [1.54, 1.807) is 12.1 Å². The van der Waals surface area contributed by atoms with Gasteiger partial charge in [0.15, 0.2) is 5.96 Å². The van der Waals surface area contributed by atoms with Crippen LogP contribution in [0.4, 0.5) is 0 Å². The number of carbonyl (C=O) groups is 1.